The second-order valence-electron chi connectivity index (χ2n) is 10.4. The fraction of sp³-hybridized carbons (Fsp3) is 0.233. The van der Waals surface area contributed by atoms with Crippen LogP contribution in [0.4, 0.5) is 39.4 Å². The zero-order chi connectivity index (χ0) is 31.8. The predicted octanol–water partition coefficient (Wildman–Crippen LogP) is 6.95. The average Bonchev–Trinajstić information content (AvgIpc) is 3.60. The van der Waals surface area contributed by atoms with Crippen LogP contribution in [0.1, 0.15) is 30.9 Å². The summed E-state index contributed by atoms with van der Waals surface area (Å²) in [6, 6.07) is 13.3. The standard InChI is InChI=1S/C30H27F4N7O2S/c1-17(2)22-10-9-20(39(3)4)14-25(22)41-26(42)15-44-29(41)37-28(43)36-24-11-8-18(12-23(24)31)27-35-16-40(38-27)21-7-5-6-19(13-21)30(32,33)34/h5-14,16-17H,15H2,1-4H3,(H,36,43). The summed E-state index contributed by atoms with van der Waals surface area (Å²) in [4.78, 5) is 37.3. The van der Waals surface area contributed by atoms with Crippen molar-refractivity contribution in [1.29, 1.82) is 0 Å². The van der Waals surface area contributed by atoms with Crippen LogP contribution < -0.4 is 15.1 Å². The van der Waals surface area contributed by atoms with Gasteiger partial charge in [-0.05, 0) is 60.0 Å². The van der Waals surface area contributed by atoms with Gasteiger partial charge >= 0.3 is 12.2 Å². The van der Waals surface area contributed by atoms with Gasteiger partial charge < -0.3 is 10.2 Å². The van der Waals surface area contributed by atoms with Crippen LogP contribution >= 0.6 is 11.8 Å². The van der Waals surface area contributed by atoms with Crippen LogP contribution in [-0.4, -0.2) is 51.7 Å². The van der Waals surface area contributed by atoms with E-state index in [4.69, 9.17) is 0 Å². The van der Waals surface area contributed by atoms with Gasteiger partial charge in [0.15, 0.2) is 11.0 Å². The molecule has 0 spiro atoms. The molecule has 1 aliphatic rings. The number of amides is 3. The molecule has 3 aromatic carbocycles. The summed E-state index contributed by atoms with van der Waals surface area (Å²) >= 11 is 1.11. The quantitative estimate of drug-likeness (QED) is 0.233. The molecule has 1 aliphatic heterocycles. The lowest BCUT2D eigenvalue weighted by Gasteiger charge is -2.24. The molecular formula is C30H27F4N7O2S. The van der Waals surface area contributed by atoms with Gasteiger partial charge in [-0.15, -0.1) is 5.10 Å². The Hall–Kier alpha value is -4.72. The lowest BCUT2D eigenvalue weighted by atomic mass is 9.99. The second kappa shape index (κ2) is 12.1. The summed E-state index contributed by atoms with van der Waals surface area (Å²) in [5.41, 5.74) is 1.77. The van der Waals surface area contributed by atoms with Gasteiger partial charge in [0.2, 0.25) is 5.91 Å². The van der Waals surface area contributed by atoms with Crippen LogP contribution in [0.25, 0.3) is 17.1 Å². The molecule has 14 heteroatoms. The number of benzene rings is 3. The number of hydrogen-bond donors (Lipinski definition) is 1. The summed E-state index contributed by atoms with van der Waals surface area (Å²) in [5, 5.41) is 6.75. The van der Waals surface area contributed by atoms with Gasteiger partial charge in [-0.25, -0.2) is 18.9 Å². The van der Waals surface area contributed by atoms with Crippen LogP contribution in [0.3, 0.4) is 0 Å². The van der Waals surface area contributed by atoms with E-state index in [1.54, 1.807) is 0 Å². The molecule has 1 aromatic heterocycles. The molecule has 0 aliphatic carbocycles. The molecule has 1 N–H and O–H groups in total. The maximum atomic E-state index is 15.1. The number of halogens is 4. The number of aliphatic imine (C=N–C) groups is 1. The molecule has 0 bridgehead atoms. The molecule has 44 heavy (non-hydrogen) atoms. The minimum atomic E-state index is -4.52. The smallest absolute Gasteiger partial charge is 0.378 e. The molecule has 5 rings (SSSR count). The van der Waals surface area contributed by atoms with E-state index in [9.17, 15) is 22.8 Å². The number of anilines is 3. The Labute approximate surface area is 254 Å². The van der Waals surface area contributed by atoms with Crippen LogP contribution in [-0.2, 0) is 11.0 Å². The topological polar surface area (TPSA) is 95.7 Å². The monoisotopic (exact) mass is 625 g/mol. The van der Waals surface area contributed by atoms with E-state index in [0.29, 0.717) is 5.69 Å². The van der Waals surface area contributed by atoms with Crippen molar-refractivity contribution in [3.63, 3.8) is 0 Å². The van der Waals surface area contributed by atoms with Gasteiger partial charge in [-0.1, -0.05) is 37.7 Å². The highest BCUT2D eigenvalue weighted by molar-refractivity contribution is 8.15. The van der Waals surface area contributed by atoms with Crippen LogP contribution in [0.2, 0.25) is 0 Å². The first-order valence-electron chi connectivity index (χ1n) is 13.4. The van der Waals surface area contributed by atoms with Crippen molar-refractivity contribution in [1.82, 2.24) is 14.8 Å². The summed E-state index contributed by atoms with van der Waals surface area (Å²) in [6.45, 7) is 4.01. The van der Waals surface area contributed by atoms with E-state index in [1.807, 2.05) is 51.0 Å². The number of rotatable bonds is 6. The summed E-state index contributed by atoms with van der Waals surface area (Å²) in [7, 11) is 3.77. The highest BCUT2D eigenvalue weighted by atomic mass is 32.2. The van der Waals surface area contributed by atoms with E-state index < -0.39 is 23.6 Å². The lowest BCUT2D eigenvalue weighted by Crippen LogP contribution is -2.31. The Kier molecular flexibility index (Phi) is 8.46. The number of nitrogens with one attached hydrogen (secondary N) is 1. The SMILES string of the molecule is CC(C)c1ccc(N(C)C)cc1N1C(=O)CSC1=NC(=O)Nc1ccc(-c2ncn(-c3cccc(C(F)(F)F)c3)n2)cc1F. The normalized spacial score (nSPS) is 14.5. The van der Waals surface area contributed by atoms with E-state index >= 15 is 4.39 Å². The minimum Gasteiger partial charge on any atom is -0.378 e. The Morgan fingerprint density at radius 3 is 2.55 bits per heavy atom. The summed E-state index contributed by atoms with van der Waals surface area (Å²) in [6.07, 6.45) is -3.30. The first-order chi connectivity index (χ1) is 20.8. The number of hydrogen-bond acceptors (Lipinski definition) is 6. The minimum absolute atomic E-state index is 0.0665. The number of amidine groups is 1. The van der Waals surface area contributed by atoms with E-state index in [2.05, 4.69) is 20.4 Å². The third kappa shape index (κ3) is 6.44. The van der Waals surface area contributed by atoms with Gasteiger partial charge in [-0.2, -0.15) is 18.2 Å². The van der Waals surface area contributed by atoms with Gasteiger partial charge in [0.25, 0.3) is 0 Å². The zero-order valence-corrected chi connectivity index (χ0v) is 24.9. The van der Waals surface area contributed by atoms with Gasteiger partial charge in [0.05, 0.1) is 28.4 Å². The van der Waals surface area contributed by atoms with Crippen molar-refractivity contribution in [3.05, 3.63) is 83.9 Å². The van der Waals surface area contributed by atoms with Gasteiger partial charge in [0.1, 0.15) is 12.1 Å². The number of aromatic nitrogens is 3. The largest absolute Gasteiger partial charge is 0.416 e. The first kappa shape index (κ1) is 30.7. The van der Waals surface area contributed by atoms with Crippen molar-refractivity contribution < 1.29 is 27.2 Å². The maximum Gasteiger partial charge on any atom is 0.416 e. The van der Waals surface area contributed by atoms with Gasteiger partial charge in [0, 0.05) is 25.3 Å². The van der Waals surface area contributed by atoms with Crippen molar-refractivity contribution in [2.75, 3.05) is 35.0 Å². The summed E-state index contributed by atoms with van der Waals surface area (Å²) < 4.78 is 55.5. The molecule has 0 saturated carbocycles. The molecule has 0 atom stereocenters. The number of alkyl halides is 3. The molecular weight excluding hydrogens is 598 g/mol. The second-order valence-corrected chi connectivity index (χ2v) is 11.3. The molecule has 4 aromatic rings. The predicted molar refractivity (Wildman–Crippen MR) is 163 cm³/mol. The van der Waals surface area contributed by atoms with Crippen molar-refractivity contribution in [2.24, 2.45) is 4.99 Å². The molecule has 0 radical (unpaired) electrons. The number of thioether (sulfide) groups is 1. The Bertz CT molecular complexity index is 1770. The Morgan fingerprint density at radius 1 is 1.09 bits per heavy atom. The number of carbonyl (C=O) groups excluding carboxylic acids is 2. The summed E-state index contributed by atoms with van der Waals surface area (Å²) in [5.74, 6) is -0.782. The molecule has 1 saturated heterocycles. The highest BCUT2D eigenvalue weighted by Gasteiger charge is 2.33. The highest BCUT2D eigenvalue weighted by Crippen LogP contribution is 2.36. The third-order valence-corrected chi connectivity index (χ3v) is 7.68. The molecule has 0 unspecified atom stereocenters. The molecule has 9 nitrogen and oxygen atoms in total. The average molecular weight is 626 g/mol. The van der Waals surface area contributed by atoms with Crippen molar-refractivity contribution >= 4 is 45.9 Å². The fourth-order valence-corrected chi connectivity index (χ4v) is 5.36. The first-order valence-corrected chi connectivity index (χ1v) is 14.4. The maximum absolute atomic E-state index is 15.1. The third-order valence-electron chi connectivity index (χ3n) is 6.75. The Balaban J connectivity index is 1.35. The Morgan fingerprint density at radius 2 is 1.86 bits per heavy atom. The molecule has 228 valence electrons. The van der Waals surface area contributed by atoms with E-state index in [1.165, 1.54) is 35.5 Å². The fourth-order valence-electron chi connectivity index (χ4n) is 4.50. The molecule has 3 amide bonds. The zero-order valence-electron chi connectivity index (χ0n) is 24.1. The van der Waals surface area contributed by atoms with E-state index in [0.717, 1.165) is 45.9 Å². The number of urea groups is 1. The lowest BCUT2D eigenvalue weighted by molar-refractivity contribution is -0.137. The number of carbonyl (C=O) groups is 2. The molecule has 2 heterocycles. The molecule has 1 fully saturated rings. The van der Waals surface area contributed by atoms with Crippen molar-refractivity contribution in [3.8, 4) is 17.1 Å². The van der Waals surface area contributed by atoms with Crippen LogP contribution in [0, 0.1) is 5.82 Å². The van der Waals surface area contributed by atoms with E-state index in [-0.39, 0.29) is 45.5 Å². The number of nitrogens with zero attached hydrogens (tertiary/aromatic N) is 6. The van der Waals surface area contributed by atoms with Crippen LogP contribution in [0.15, 0.2) is 72.0 Å². The van der Waals surface area contributed by atoms with Gasteiger partial charge in [-0.3, -0.25) is 9.69 Å². The van der Waals surface area contributed by atoms with Crippen LogP contribution in [0.5, 0.6) is 0 Å². The van der Waals surface area contributed by atoms with Crippen molar-refractivity contribution in [2.45, 2.75) is 25.9 Å².